The highest BCUT2D eigenvalue weighted by Crippen LogP contribution is 2.32. The van der Waals surface area contributed by atoms with Crippen LogP contribution in [0.25, 0.3) is 9.40 Å². The minimum atomic E-state index is -0.328. The summed E-state index contributed by atoms with van der Waals surface area (Å²) >= 11 is 2.72. The number of rotatable bonds is 2. The first-order chi connectivity index (χ1) is 6.74. The molecule has 0 aliphatic heterocycles. The molecule has 0 saturated heterocycles. The smallest absolute Gasteiger partial charge is 0.348 e. The number of hydrogen-bond donors (Lipinski definition) is 0. The molecule has 0 aliphatic rings. The fourth-order valence-electron chi connectivity index (χ4n) is 1.11. The quantitative estimate of drug-likeness (QED) is 0.584. The topological polar surface area (TPSA) is 43.4 Å². The molecule has 0 bridgehead atoms. The molecule has 0 amide bonds. The van der Waals surface area contributed by atoms with Crippen LogP contribution in [0.5, 0.6) is 0 Å². The van der Waals surface area contributed by atoms with E-state index in [1.165, 1.54) is 29.8 Å². The Bertz CT molecular complexity index is 464. The molecule has 0 saturated carbocycles. The Balaban J connectivity index is 2.49. The molecule has 3 nitrogen and oxygen atoms in total. The van der Waals surface area contributed by atoms with Gasteiger partial charge in [-0.1, -0.05) is 0 Å². The third-order valence-corrected chi connectivity index (χ3v) is 3.93. The van der Waals surface area contributed by atoms with Gasteiger partial charge in [0, 0.05) is 9.40 Å². The van der Waals surface area contributed by atoms with Gasteiger partial charge in [0.25, 0.3) is 0 Å². The van der Waals surface area contributed by atoms with Crippen molar-refractivity contribution >= 4 is 44.3 Å². The second-order valence-corrected chi connectivity index (χ2v) is 4.80. The predicted molar refractivity (Wildman–Crippen MR) is 56.4 cm³/mol. The summed E-state index contributed by atoms with van der Waals surface area (Å²) in [6.45, 7) is 0. The summed E-state index contributed by atoms with van der Waals surface area (Å²) in [5.41, 5.74) is 0. The summed E-state index contributed by atoms with van der Waals surface area (Å²) in [5, 5.41) is 0. The SMILES string of the molecule is COC(=O)c1cc2sc(C=O)cc2s1. The van der Waals surface area contributed by atoms with E-state index in [2.05, 4.69) is 4.74 Å². The van der Waals surface area contributed by atoms with Crippen molar-refractivity contribution in [2.45, 2.75) is 0 Å². The van der Waals surface area contributed by atoms with E-state index in [4.69, 9.17) is 0 Å². The summed E-state index contributed by atoms with van der Waals surface area (Å²) in [5.74, 6) is -0.328. The average Bonchev–Trinajstić information content (AvgIpc) is 2.72. The fourth-order valence-corrected chi connectivity index (χ4v) is 3.25. The Morgan fingerprint density at radius 2 is 2.07 bits per heavy atom. The molecule has 0 N–H and O–H groups in total. The van der Waals surface area contributed by atoms with E-state index in [1.807, 2.05) is 0 Å². The molecule has 5 heteroatoms. The Morgan fingerprint density at radius 3 is 2.64 bits per heavy atom. The first kappa shape index (κ1) is 9.36. The van der Waals surface area contributed by atoms with E-state index in [1.54, 1.807) is 12.1 Å². The number of carbonyl (C=O) groups excluding carboxylic acids is 2. The second kappa shape index (κ2) is 3.51. The van der Waals surface area contributed by atoms with Crippen LogP contribution in [0, 0.1) is 0 Å². The number of fused-ring (bicyclic) bond motifs is 1. The molecule has 0 atom stereocenters. The highest BCUT2D eigenvalue weighted by molar-refractivity contribution is 7.29. The maximum absolute atomic E-state index is 11.2. The van der Waals surface area contributed by atoms with Crippen molar-refractivity contribution < 1.29 is 14.3 Å². The van der Waals surface area contributed by atoms with Crippen molar-refractivity contribution in [3.63, 3.8) is 0 Å². The van der Waals surface area contributed by atoms with Crippen LogP contribution in [-0.2, 0) is 4.74 Å². The van der Waals surface area contributed by atoms with Crippen molar-refractivity contribution in [2.24, 2.45) is 0 Å². The Labute approximate surface area is 87.9 Å². The summed E-state index contributed by atoms with van der Waals surface area (Å²) < 4.78 is 6.51. The highest BCUT2D eigenvalue weighted by atomic mass is 32.1. The molecule has 72 valence electrons. The van der Waals surface area contributed by atoms with Crippen LogP contribution in [-0.4, -0.2) is 19.4 Å². The maximum atomic E-state index is 11.2. The zero-order valence-electron chi connectivity index (χ0n) is 7.27. The lowest BCUT2D eigenvalue weighted by molar-refractivity contribution is 0.0606. The molecule has 2 aromatic rings. The second-order valence-electron chi connectivity index (χ2n) is 2.60. The van der Waals surface area contributed by atoms with Crippen LogP contribution in [0.4, 0.5) is 0 Å². The van der Waals surface area contributed by atoms with Gasteiger partial charge < -0.3 is 4.74 Å². The van der Waals surface area contributed by atoms with Gasteiger partial charge in [-0.15, -0.1) is 22.7 Å². The molecule has 0 radical (unpaired) electrons. The van der Waals surface area contributed by atoms with Gasteiger partial charge in [0.05, 0.1) is 12.0 Å². The lowest BCUT2D eigenvalue weighted by atomic mass is 10.4. The van der Waals surface area contributed by atoms with Crippen molar-refractivity contribution in [3.8, 4) is 0 Å². The molecule has 0 aliphatic carbocycles. The molecular formula is C9H6O3S2. The van der Waals surface area contributed by atoms with Crippen LogP contribution in [0.1, 0.15) is 19.3 Å². The van der Waals surface area contributed by atoms with E-state index < -0.39 is 0 Å². The van der Waals surface area contributed by atoms with Gasteiger partial charge in [-0.25, -0.2) is 4.79 Å². The summed E-state index contributed by atoms with van der Waals surface area (Å²) in [7, 11) is 1.35. The van der Waals surface area contributed by atoms with Gasteiger partial charge in [0.2, 0.25) is 0 Å². The Kier molecular flexibility index (Phi) is 2.35. The van der Waals surface area contributed by atoms with Crippen LogP contribution in [0.2, 0.25) is 0 Å². The number of ether oxygens (including phenoxy) is 1. The van der Waals surface area contributed by atoms with Gasteiger partial charge in [0.1, 0.15) is 4.88 Å². The lowest BCUT2D eigenvalue weighted by Gasteiger charge is -1.90. The van der Waals surface area contributed by atoms with E-state index in [0.717, 1.165) is 15.7 Å². The van der Waals surface area contributed by atoms with Crippen molar-refractivity contribution in [1.82, 2.24) is 0 Å². The molecule has 0 unspecified atom stereocenters. The summed E-state index contributed by atoms with van der Waals surface area (Å²) in [6, 6.07) is 3.54. The zero-order valence-corrected chi connectivity index (χ0v) is 8.91. The standard InChI is InChI=1S/C9H6O3S2/c1-12-9(11)8-3-7-6(14-8)2-5(4-10)13-7/h2-4H,1H3. The number of aldehydes is 1. The minimum absolute atomic E-state index is 0.328. The van der Waals surface area contributed by atoms with Gasteiger partial charge >= 0.3 is 5.97 Å². The minimum Gasteiger partial charge on any atom is -0.465 e. The molecule has 0 aromatic carbocycles. The van der Waals surface area contributed by atoms with E-state index in [9.17, 15) is 9.59 Å². The van der Waals surface area contributed by atoms with E-state index in [-0.39, 0.29) is 5.97 Å². The van der Waals surface area contributed by atoms with Crippen molar-refractivity contribution in [3.05, 3.63) is 21.9 Å². The third kappa shape index (κ3) is 1.44. The highest BCUT2D eigenvalue weighted by Gasteiger charge is 2.12. The molecule has 0 fully saturated rings. The normalized spacial score (nSPS) is 10.4. The first-order valence-electron chi connectivity index (χ1n) is 3.81. The molecule has 14 heavy (non-hydrogen) atoms. The van der Waals surface area contributed by atoms with Crippen LogP contribution < -0.4 is 0 Å². The molecule has 0 spiro atoms. The molecular weight excluding hydrogens is 220 g/mol. The van der Waals surface area contributed by atoms with Crippen LogP contribution in [0.15, 0.2) is 12.1 Å². The number of hydrogen-bond acceptors (Lipinski definition) is 5. The monoisotopic (exact) mass is 226 g/mol. The number of carbonyl (C=O) groups is 2. The fraction of sp³-hybridized carbons (Fsp3) is 0.111. The van der Waals surface area contributed by atoms with Gasteiger partial charge in [-0.05, 0) is 12.1 Å². The predicted octanol–water partition coefficient (Wildman–Crippen LogP) is 2.56. The average molecular weight is 226 g/mol. The number of methoxy groups -OCH3 is 1. The molecule has 2 rings (SSSR count). The molecule has 2 aromatic heterocycles. The Morgan fingerprint density at radius 1 is 1.36 bits per heavy atom. The van der Waals surface area contributed by atoms with Crippen LogP contribution >= 0.6 is 22.7 Å². The Hall–Kier alpha value is -1.20. The van der Waals surface area contributed by atoms with Gasteiger partial charge in [0.15, 0.2) is 6.29 Å². The maximum Gasteiger partial charge on any atom is 0.348 e. The van der Waals surface area contributed by atoms with E-state index >= 15 is 0 Å². The lowest BCUT2D eigenvalue weighted by Crippen LogP contribution is -1.96. The molecule has 2 heterocycles. The summed E-state index contributed by atoms with van der Waals surface area (Å²) in [6.07, 6.45) is 0.815. The van der Waals surface area contributed by atoms with E-state index in [0.29, 0.717) is 9.75 Å². The third-order valence-electron chi connectivity index (χ3n) is 1.73. The zero-order chi connectivity index (χ0) is 10.1. The van der Waals surface area contributed by atoms with Gasteiger partial charge in [-0.3, -0.25) is 4.79 Å². The number of thiophene rings is 2. The summed E-state index contributed by atoms with van der Waals surface area (Å²) in [4.78, 5) is 22.9. The van der Waals surface area contributed by atoms with Crippen LogP contribution in [0.3, 0.4) is 0 Å². The van der Waals surface area contributed by atoms with Gasteiger partial charge in [-0.2, -0.15) is 0 Å². The first-order valence-corrected chi connectivity index (χ1v) is 5.45. The van der Waals surface area contributed by atoms with Crippen molar-refractivity contribution in [1.29, 1.82) is 0 Å². The number of esters is 1. The largest absolute Gasteiger partial charge is 0.465 e. The van der Waals surface area contributed by atoms with Crippen molar-refractivity contribution in [2.75, 3.05) is 7.11 Å².